The van der Waals surface area contributed by atoms with E-state index in [0.29, 0.717) is 55.3 Å². The van der Waals surface area contributed by atoms with E-state index in [-0.39, 0.29) is 56.8 Å². The first-order valence-corrected chi connectivity index (χ1v) is 25.9. The van der Waals surface area contributed by atoms with Crippen LogP contribution in [0.15, 0.2) is 84.1 Å². The van der Waals surface area contributed by atoms with Gasteiger partial charge in [-0.25, -0.2) is 0 Å². The molecule has 1 fully saturated rings. The van der Waals surface area contributed by atoms with Crippen LogP contribution in [-0.4, -0.2) is 71.8 Å². The van der Waals surface area contributed by atoms with Gasteiger partial charge in [0.25, 0.3) is 0 Å². The summed E-state index contributed by atoms with van der Waals surface area (Å²) < 4.78 is 33.0. The molecule has 11 heteroatoms. The van der Waals surface area contributed by atoms with Crippen LogP contribution >= 0.6 is 0 Å². The zero-order chi connectivity index (χ0) is 47.9. The standard InChI is InChI=1S/C57H78N2O9/c1-6-9-10-11-12-13-14-15-16-23-54(62)59(38-42-25-28-51-52(34-42)64-39-63-51)53-37-49(58-66-8-3)47-35-43(21-17-19-30-60)46(22-18-20-31-61)55-48-36-45(67-44-26-24-40(4)41(5)33-44)27-29-50(48)68-57(53,56(47)55)65-32-7-2/h7,24-29,33-36,43,46,53,55-56,60-61H,2,6,8-23,30-32,37-39H2,1,3-5H3. The van der Waals surface area contributed by atoms with E-state index >= 15 is 4.79 Å². The van der Waals surface area contributed by atoms with Crippen molar-refractivity contribution in [2.24, 2.45) is 22.9 Å². The Morgan fingerprint density at radius 3 is 2.26 bits per heavy atom. The summed E-state index contributed by atoms with van der Waals surface area (Å²) >= 11 is 0. The Kier molecular flexibility index (Phi) is 18.9. The largest absolute Gasteiger partial charge is 0.459 e. The van der Waals surface area contributed by atoms with Crippen molar-refractivity contribution in [3.63, 3.8) is 0 Å². The molecular weight excluding hydrogens is 857 g/mol. The van der Waals surface area contributed by atoms with Gasteiger partial charge in [-0.3, -0.25) is 4.79 Å². The maximum absolute atomic E-state index is 15.3. The first kappa shape index (κ1) is 51.0. The van der Waals surface area contributed by atoms with Crippen molar-refractivity contribution in [3.05, 3.63) is 101 Å². The van der Waals surface area contributed by atoms with Crippen molar-refractivity contribution in [1.82, 2.24) is 4.90 Å². The molecule has 2 heterocycles. The maximum atomic E-state index is 15.3. The van der Waals surface area contributed by atoms with E-state index < -0.39 is 17.7 Å². The Morgan fingerprint density at radius 1 is 0.824 bits per heavy atom. The van der Waals surface area contributed by atoms with E-state index in [0.717, 1.165) is 78.7 Å². The molecule has 370 valence electrons. The van der Waals surface area contributed by atoms with E-state index in [4.69, 9.17) is 33.7 Å². The lowest BCUT2D eigenvalue weighted by Gasteiger charge is -2.60. The fourth-order valence-corrected chi connectivity index (χ4v) is 11.1. The van der Waals surface area contributed by atoms with Gasteiger partial charge in [0.2, 0.25) is 18.5 Å². The summed E-state index contributed by atoms with van der Waals surface area (Å²) in [6.07, 6.45) is 20.0. The Balaban J connectivity index is 1.36. The molecule has 3 aromatic rings. The van der Waals surface area contributed by atoms with Gasteiger partial charge in [-0.05, 0) is 129 Å². The van der Waals surface area contributed by atoms with Crippen LogP contribution in [-0.2, 0) is 20.9 Å². The molecule has 0 bridgehead atoms. The highest BCUT2D eigenvalue weighted by Crippen LogP contribution is 2.62. The number of unbranched alkanes of at least 4 members (excludes halogenated alkanes) is 10. The van der Waals surface area contributed by atoms with Crippen LogP contribution in [0, 0.1) is 31.6 Å². The molecule has 0 saturated heterocycles. The average Bonchev–Trinajstić information content (AvgIpc) is 3.82. The molecule has 1 amide bonds. The van der Waals surface area contributed by atoms with Crippen molar-refractivity contribution in [2.75, 3.05) is 33.2 Å². The van der Waals surface area contributed by atoms with Crippen molar-refractivity contribution in [2.45, 2.75) is 161 Å². The molecule has 0 aromatic heterocycles. The molecule has 3 aromatic carbocycles. The van der Waals surface area contributed by atoms with Crippen molar-refractivity contribution < 1.29 is 43.5 Å². The van der Waals surface area contributed by atoms with Gasteiger partial charge in [-0.2, -0.15) is 0 Å². The number of carbonyl (C=O) groups excluding carboxylic acids is 1. The van der Waals surface area contributed by atoms with Gasteiger partial charge in [-0.1, -0.05) is 101 Å². The number of aliphatic hydroxyl groups excluding tert-OH is 2. The lowest BCUT2D eigenvalue weighted by molar-refractivity contribution is -0.258. The normalized spacial score (nSPS) is 22.8. The highest BCUT2D eigenvalue weighted by atomic mass is 16.7. The molecule has 68 heavy (non-hydrogen) atoms. The van der Waals surface area contributed by atoms with Crippen molar-refractivity contribution in [3.8, 4) is 28.7 Å². The first-order chi connectivity index (χ1) is 33.2. The molecule has 2 N–H and O–H groups in total. The third-order valence-electron chi connectivity index (χ3n) is 14.6. The van der Waals surface area contributed by atoms with E-state index in [1.54, 1.807) is 6.08 Å². The summed E-state index contributed by atoms with van der Waals surface area (Å²) in [5.74, 6) is 1.77. The lowest BCUT2D eigenvalue weighted by Crippen LogP contribution is -2.70. The number of aryl methyl sites for hydroxylation is 2. The predicted octanol–water partition coefficient (Wildman–Crippen LogP) is 12.4. The van der Waals surface area contributed by atoms with Crippen LogP contribution in [0.2, 0.25) is 0 Å². The quantitative estimate of drug-likeness (QED) is 0.0415. The number of benzene rings is 3. The minimum absolute atomic E-state index is 0.0284. The third kappa shape index (κ3) is 12.1. The van der Waals surface area contributed by atoms with Crippen LogP contribution in [0.3, 0.4) is 0 Å². The molecule has 6 atom stereocenters. The number of rotatable bonds is 28. The number of fused-ring (bicyclic) bond motifs is 3. The highest BCUT2D eigenvalue weighted by molar-refractivity contribution is 6.03. The third-order valence-corrected chi connectivity index (χ3v) is 14.6. The highest BCUT2D eigenvalue weighted by Gasteiger charge is 2.65. The fraction of sp³-hybridized carbons (Fsp3) is 0.579. The second kappa shape index (κ2) is 25.1. The van der Waals surface area contributed by atoms with E-state index in [2.05, 4.69) is 51.6 Å². The summed E-state index contributed by atoms with van der Waals surface area (Å²) in [5.41, 5.74) is 6.07. The van der Waals surface area contributed by atoms with Crippen LogP contribution in [0.4, 0.5) is 0 Å². The van der Waals surface area contributed by atoms with Crippen molar-refractivity contribution in [1.29, 1.82) is 0 Å². The molecule has 4 aliphatic rings. The van der Waals surface area contributed by atoms with Crippen molar-refractivity contribution >= 4 is 11.6 Å². The summed E-state index contributed by atoms with van der Waals surface area (Å²) in [5, 5.41) is 25.0. The minimum atomic E-state index is -1.37. The second-order valence-electron chi connectivity index (χ2n) is 19.3. The molecule has 2 aliphatic carbocycles. The summed E-state index contributed by atoms with van der Waals surface area (Å²) in [6.45, 7) is 13.7. The number of aliphatic hydroxyl groups is 2. The second-order valence-corrected chi connectivity index (χ2v) is 19.3. The van der Waals surface area contributed by atoms with Gasteiger partial charge < -0.3 is 43.6 Å². The van der Waals surface area contributed by atoms with Gasteiger partial charge in [0.1, 0.15) is 29.9 Å². The Morgan fingerprint density at radius 2 is 1.53 bits per heavy atom. The Hall–Kier alpha value is -4.84. The fourth-order valence-electron chi connectivity index (χ4n) is 11.1. The van der Waals surface area contributed by atoms with Crippen LogP contribution in [0.25, 0.3) is 0 Å². The number of nitrogens with zero attached hydrogens (tertiary/aromatic N) is 2. The zero-order valence-corrected chi connectivity index (χ0v) is 41.4. The average molecular weight is 935 g/mol. The first-order valence-electron chi connectivity index (χ1n) is 25.9. The number of amides is 1. The molecule has 6 unspecified atom stereocenters. The smallest absolute Gasteiger partial charge is 0.239 e. The number of oxime groups is 1. The molecular formula is C57H78N2O9. The lowest BCUT2D eigenvalue weighted by atomic mass is 9.55. The summed E-state index contributed by atoms with van der Waals surface area (Å²) in [7, 11) is 0. The molecule has 7 rings (SSSR count). The van der Waals surface area contributed by atoms with Crippen LogP contribution in [0.5, 0.6) is 28.7 Å². The number of hydrogen-bond acceptors (Lipinski definition) is 10. The maximum Gasteiger partial charge on any atom is 0.239 e. The van der Waals surface area contributed by atoms with E-state index in [1.165, 1.54) is 44.1 Å². The van der Waals surface area contributed by atoms with E-state index in [1.807, 2.05) is 48.2 Å². The molecule has 2 aliphatic heterocycles. The van der Waals surface area contributed by atoms with Gasteiger partial charge in [0, 0.05) is 44.1 Å². The van der Waals surface area contributed by atoms with Crippen LogP contribution in [0.1, 0.15) is 151 Å². The predicted molar refractivity (Wildman–Crippen MR) is 268 cm³/mol. The van der Waals surface area contributed by atoms with Gasteiger partial charge >= 0.3 is 0 Å². The monoisotopic (exact) mass is 935 g/mol. The van der Waals surface area contributed by atoms with Gasteiger partial charge in [-0.15, -0.1) is 6.58 Å². The van der Waals surface area contributed by atoms with Crippen LogP contribution < -0.4 is 18.9 Å². The zero-order valence-electron chi connectivity index (χ0n) is 41.4. The molecule has 0 radical (unpaired) electrons. The van der Waals surface area contributed by atoms with E-state index in [9.17, 15) is 10.2 Å². The molecule has 0 spiro atoms. The Bertz CT molecular complexity index is 2190. The topological polar surface area (TPSA) is 129 Å². The summed E-state index contributed by atoms with van der Waals surface area (Å²) in [4.78, 5) is 23.3. The van der Waals surface area contributed by atoms with Gasteiger partial charge in [0.05, 0.1) is 18.2 Å². The number of hydrogen-bond donors (Lipinski definition) is 2. The number of allylic oxidation sites excluding steroid dienone is 1. The number of ether oxygens (including phenoxy) is 5. The Labute approximate surface area is 405 Å². The number of carbonyl (C=O) groups is 1. The van der Waals surface area contributed by atoms with Gasteiger partial charge in [0.15, 0.2) is 11.5 Å². The molecule has 1 saturated carbocycles. The SMILES string of the molecule is C=CCOC12Oc3ccc(Oc4ccc(C)c(C)c4)cc3C3C(CCCCO)C(CCCCO)C=C(C(=NOCC)CC1N(Cc1ccc4c(c1)OCO4)C(=O)CCCCCCCCCCC)C32. The molecule has 11 nitrogen and oxygen atoms in total. The summed E-state index contributed by atoms with van der Waals surface area (Å²) in [6, 6.07) is 17.6. The minimum Gasteiger partial charge on any atom is -0.459 e.